The predicted molar refractivity (Wildman–Crippen MR) is 174 cm³/mol. The number of halogens is 1. The Labute approximate surface area is 265 Å². The van der Waals surface area contributed by atoms with E-state index in [9.17, 15) is 14.0 Å². The molecule has 0 saturated heterocycles. The number of amides is 1. The number of carbonyl (C=O) groups is 2. The van der Waals surface area contributed by atoms with Crippen LogP contribution in [0.3, 0.4) is 0 Å². The minimum Gasteiger partial charge on any atom is -0.458 e. The summed E-state index contributed by atoms with van der Waals surface area (Å²) < 4.78 is 26.9. The van der Waals surface area contributed by atoms with Gasteiger partial charge in [0.2, 0.25) is 5.82 Å². The van der Waals surface area contributed by atoms with E-state index in [1.54, 1.807) is 62.8 Å². The number of nitrogens with zero attached hydrogens (tertiary/aromatic N) is 3. The van der Waals surface area contributed by atoms with Crippen molar-refractivity contribution in [3.8, 4) is 22.4 Å². The Hall–Kier alpha value is -5.51. The van der Waals surface area contributed by atoms with Gasteiger partial charge in [-0.3, -0.25) is 9.38 Å². The molecule has 0 radical (unpaired) electrons. The summed E-state index contributed by atoms with van der Waals surface area (Å²) in [6.45, 7) is 6.96. The molecule has 10 heteroatoms. The largest absolute Gasteiger partial charge is 0.458 e. The number of H-pyrrole nitrogens is 1. The third-order valence-electron chi connectivity index (χ3n) is 7.54. The van der Waals surface area contributed by atoms with Crippen LogP contribution in [0.1, 0.15) is 42.5 Å². The number of ether oxygens (including phenoxy) is 2. The van der Waals surface area contributed by atoms with Crippen LogP contribution in [0.4, 0.5) is 9.18 Å². The van der Waals surface area contributed by atoms with Gasteiger partial charge in [-0.05, 0) is 81.6 Å². The van der Waals surface area contributed by atoms with Gasteiger partial charge in [0.25, 0.3) is 0 Å². The van der Waals surface area contributed by atoms with Crippen molar-refractivity contribution in [2.45, 2.75) is 45.8 Å². The van der Waals surface area contributed by atoms with Crippen LogP contribution < -0.4 is 5.32 Å². The number of esters is 1. The Balaban J connectivity index is 1.25. The molecule has 0 aliphatic rings. The monoisotopic (exact) mass is 619 g/mol. The summed E-state index contributed by atoms with van der Waals surface area (Å²) >= 11 is 0. The van der Waals surface area contributed by atoms with Gasteiger partial charge in [0.15, 0.2) is 0 Å². The number of imidazole rings is 1. The molecule has 0 fully saturated rings. The first kappa shape index (κ1) is 30.5. The van der Waals surface area contributed by atoms with Gasteiger partial charge in [-0.1, -0.05) is 30.3 Å². The Morgan fingerprint density at radius 3 is 2.63 bits per heavy atom. The van der Waals surface area contributed by atoms with E-state index >= 15 is 0 Å². The molecule has 4 aromatic heterocycles. The number of hydrogen-bond acceptors (Lipinski definition) is 6. The van der Waals surface area contributed by atoms with E-state index in [2.05, 4.69) is 20.3 Å². The second kappa shape index (κ2) is 12.5. The van der Waals surface area contributed by atoms with Crippen LogP contribution in [0, 0.1) is 12.7 Å². The van der Waals surface area contributed by atoms with Crippen LogP contribution in [0.2, 0.25) is 0 Å². The number of fused-ring (bicyclic) bond motifs is 2. The van der Waals surface area contributed by atoms with E-state index in [0.717, 1.165) is 33.2 Å². The maximum atomic E-state index is 14.0. The standard InChI is InChI=1S/C36H34FN5O4/c1-22-16-23(12-14-30(22)37)32-29(9-7-15-38-32)24-11-13-27-19-40-33(42(27)20-24)34(43)45-21-26(41-35(44)46-36(2,3)4)17-25-18-39-31-10-6-5-8-28(25)31/h5-16,18-20,26,39H,17,21H2,1-4H3,(H,41,44)/t26-/m1/s1. The minimum atomic E-state index is -0.692. The molecule has 6 rings (SSSR count). The maximum absolute atomic E-state index is 14.0. The van der Waals surface area contributed by atoms with Crippen molar-refractivity contribution in [2.24, 2.45) is 0 Å². The van der Waals surface area contributed by atoms with Crippen molar-refractivity contribution in [1.29, 1.82) is 0 Å². The van der Waals surface area contributed by atoms with Gasteiger partial charge < -0.3 is 19.8 Å². The number of pyridine rings is 2. The smallest absolute Gasteiger partial charge is 0.408 e. The molecule has 0 aliphatic heterocycles. The second-order valence-corrected chi connectivity index (χ2v) is 12.2. The maximum Gasteiger partial charge on any atom is 0.408 e. The summed E-state index contributed by atoms with van der Waals surface area (Å²) in [5, 5.41) is 3.88. The number of hydrogen-bond donors (Lipinski definition) is 2. The lowest BCUT2D eigenvalue weighted by atomic mass is 9.99. The van der Waals surface area contributed by atoms with E-state index in [1.165, 1.54) is 6.07 Å². The molecule has 4 heterocycles. The molecule has 0 bridgehead atoms. The van der Waals surface area contributed by atoms with Gasteiger partial charge >= 0.3 is 12.1 Å². The van der Waals surface area contributed by atoms with Crippen molar-refractivity contribution in [3.05, 3.63) is 114 Å². The second-order valence-electron chi connectivity index (χ2n) is 12.2. The molecular formula is C36H34FN5O4. The summed E-state index contributed by atoms with van der Waals surface area (Å²) in [4.78, 5) is 38.4. The van der Waals surface area contributed by atoms with Crippen molar-refractivity contribution in [2.75, 3.05) is 6.61 Å². The first-order chi connectivity index (χ1) is 22.1. The Kier molecular flexibility index (Phi) is 8.27. The lowest BCUT2D eigenvalue weighted by Crippen LogP contribution is -2.43. The summed E-state index contributed by atoms with van der Waals surface area (Å²) in [6.07, 6.45) is 6.77. The molecule has 234 valence electrons. The lowest BCUT2D eigenvalue weighted by Gasteiger charge is -2.23. The van der Waals surface area contributed by atoms with E-state index in [4.69, 9.17) is 9.47 Å². The molecule has 0 unspecified atom stereocenters. The van der Waals surface area contributed by atoms with Gasteiger partial charge in [-0.25, -0.2) is 19.0 Å². The zero-order valence-corrected chi connectivity index (χ0v) is 26.0. The fourth-order valence-corrected chi connectivity index (χ4v) is 5.39. The average molecular weight is 620 g/mol. The topological polar surface area (TPSA) is 111 Å². The predicted octanol–water partition coefficient (Wildman–Crippen LogP) is 7.28. The normalized spacial score (nSPS) is 12.3. The van der Waals surface area contributed by atoms with Crippen LogP contribution in [-0.4, -0.2) is 49.7 Å². The Morgan fingerprint density at radius 1 is 1.02 bits per heavy atom. The number of carbonyl (C=O) groups excluding carboxylic acids is 2. The highest BCUT2D eigenvalue weighted by molar-refractivity contribution is 5.88. The van der Waals surface area contributed by atoms with Crippen molar-refractivity contribution in [3.63, 3.8) is 0 Å². The molecule has 2 aromatic carbocycles. The number of para-hydroxylation sites is 1. The molecule has 0 spiro atoms. The highest BCUT2D eigenvalue weighted by Gasteiger charge is 2.24. The summed E-state index contributed by atoms with van der Waals surface area (Å²) in [6, 6.07) is 19.7. The van der Waals surface area contributed by atoms with Gasteiger partial charge in [0, 0.05) is 46.2 Å². The fourth-order valence-electron chi connectivity index (χ4n) is 5.39. The lowest BCUT2D eigenvalue weighted by molar-refractivity contribution is 0.0361. The van der Waals surface area contributed by atoms with Gasteiger partial charge in [0.05, 0.1) is 23.4 Å². The van der Waals surface area contributed by atoms with Crippen LogP contribution in [-0.2, 0) is 15.9 Å². The number of benzene rings is 2. The first-order valence-electron chi connectivity index (χ1n) is 15.0. The number of aromatic amines is 1. The molecule has 6 aromatic rings. The van der Waals surface area contributed by atoms with E-state index < -0.39 is 23.7 Å². The third kappa shape index (κ3) is 6.61. The molecular weight excluding hydrogens is 585 g/mol. The van der Waals surface area contributed by atoms with Crippen molar-refractivity contribution in [1.82, 2.24) is 24.7 Å². The van der Waals surface area contributed by atoms with Gasteiger partial charge in [-0.2, -0.15) is 0 Å². The van der Waals surface area contributed by atoms with Crippen molar-refractivity contribution >= 4 is 28.5 Å². The third-order valence-corrected chi connectivity index (χ3v) is 7.54. The van der Waals surface area contributed by atoms with Crippen molar-refractivity contribution < 1.29 is 23.5 Å². The molecule has 0 saturated carbocycles. The molecule has 1 amide bonds. The SMILES string of the molecule is Cc1cc(-c2ncccc2-c2ccc3cnc(C(=O)OC[C@@H](Cc4c[nH]c5ccccc45)NC(=O)OC(C)(C)C)n3c2)ccc1F. The quantitative estimate of drug-likeness (QED) is 0.173. The number of aryl methyl sites for hydroxylation is 1. The molecule has 2 N–H and O–H groups in total. The summed E-state index contributed by atoms with van der Waals surface area (Å²) in [5.41, 5.74) is 5.51. The van der Waals surface area contributed by atoms with Gasteiger partial charge in [0.1, 0.15) is 18.0 Å². The van der Waals surface area contributed by atoms with Crippen LogP contribution in [0.15, 0.2) is 91.5 Å². The number of nitrogens with one attached hydrogen (secondary N) is 2. The number of alkyl carbamates (subject to hydrolysis) is 1. The zero-order chi connectivity index (χ0) is 32.4. The summed E-state index contributed by atoms with van der Waals surface area (Å²) in [5.74, 6) is -0.843. The zero-order valence-electron chi connectivity index (χ0n) is 26.0. The average Bonchev–Trinajstić information content (AvgIpc) is 3.64. The van der Waals surface area contributed by atoms with Crippen LogP contribution in [0.5, 0.6) is 0 Å². The highest BCUT2D eigenvalue weighted by atomic mass is 19.1. The molecule has 0 aliphatic carbocycles. The summed E-state index contributed by atoms with van der Waals surface area (Å²) in [7, 11) is 0. The van der Waals surface area contributed by atoms with Crippen LogP contribution in [0.25, 0.3) is 38.8 Å². The first-order valence-corrected chi connectivity index (χ1v) is 15.0. The van der Waals surface area contributed by atoms with E-state index in [0.29, 0.717) is 23.2 Å². The van der Waals surface area contributed by atoms with Crippen LogP contribution >= 0.6 is 0 Å². The molecule has 1 atom stereocenters. The number of rotatable bonds is 8. The van der Waals surface area contributed by atoms with Gasteiger partial charge in [-0.15, -0.1) is 0 Å². The van der Waals surface area contributed by atoms with E-state index in [-0.39, 0.29) is 18.2 Å². The van der Waals surface area contributed by atoms with E-state index in [1.807, 2.05) is 54.7 Å². The minimum absolute atomic E-state index is 0.0861. The molecule has 46 heavy (non-hydrogen) atoms. The fraction of sp³-hybridized carbons (Fsp3) is 0.222. The Morgan fingerprint density at radius 2 is 1.83 bits per heavy atom. The Bertz CT molecular complexity index is 2060. The number of aromatic nitrogens is 4. The highest BCUT2D eigenvalue weighted by Crippen LogP contribution is 2.31. The molecule has 9 nitrogen and oxygen atoms in total.